The van der Waals surface area contributed by atoms with Crippen LogP contribution in [0.15, 0.2) is 0 Å². The van der Waals surface area contributed by atoms with E-state index >= 15 is 0 Å². The maximum Gasteiger partial charge on any atom is 0.306 e. The molecule has 0 aromatic heterocycles. The van der Waals surface area contributed by atoms with Gasteiger partial charge in [-0.05, 0) is 12.8 Å². The van der Waals surface area contributed by atoms with E-state index < -0.39 is 32.5 Å². The number of ether oxygens (including phenoxy) is 2. The zero-order chi connectivity index (χ0) is 28.0. The lowest BCUT2D eigenvalue weighted by Crippen LogP contribution is -2.37. The van der Waals surface area contributed by atoms with Gasteiger partial charge >= 0.3 is 11.9 Å². The number of rotatable bonds is 25. The summed E-state index contributed by atoms with van der Waals surface area (Å²) in [5, 5.41) is 0. The Bertz CT molecular complexity index is 638. The predicted molar refractivity (Wildman–Crippen MR) is 144 cm³/mol. The normalized spacial score (nSPS) is 14.2. The summed E-state index contributed by atoms with van der Waals surface area (Å²) in [5.74, 6) is -0.853. The van der Waals surface area contributed by atoms with Gasteiger partial charge in [-0.1, -0.05) is 84.5 Å². The molecular weight excluding hydrogens is 497 g/mol. The zero-order valence-electron chi connectivity index (χ0n) is 24.2. The van der Waals surface area contributed by atoms with Gasteiger partial charge in [0.15, 0.2) is 6.10 Å². The minimum atomic E-state index is -4.59. The van der Waals surface area contributed by atoms with Crippen LogP contribution in [0, 0.1) is 0 Å². The van der Waals surface area contributed by atoms with E-state index in [2.05, 4.69) is 13.8 Å². The van der Waals surface area contributed by atoms with Gasteiger partial charge in [-0.2, -0.15) is 0 Å². The van der Waals surface area contributed by atoms with Crippen molar-refractivity contribution < 1.29 is 42.1 Å². The van der Waals surface area contributed by atoms with Crippen LogP contribution < -0.4 is 4.89 Å². The third-order valence-electron chi connectivity index (χ3n) is 5.88. The third kappa shape index (κ3) is 25.1. The van der Waals surface area contributed by atoms with Crippen LogP contribution in [0.1, 0.15) is 110 Å². The SMILES string of the molecule is CCCCCCCCCC(=O)OC(COC(=O)CCCCCCCC)COP(=O)([O-])OCC[N+](C)(C)C. The number of phosphoric ester groups is 1. The topological polar surface area (TPSA) is 111 Å². The van der Waals surface area contributed by atoms with Crippen LogP contribution in [0.3, 0.4) is 0 Å². The highest BCUT2D eigenvalue weighted by molar-refractivity contribution is 7.45. The summed E-state index contributed by atoms with van der Waals surface area (Å²) in [6, 6.07) is 0. The maximum absolute atomic E-state index is 12.3. The van der Waals surface area contributed by atoms with Gasteiger partial charge in [-0.3, -0.25) is 14.2 Å². The van der Waals surface area contributed by atoms with Gasteiger partial charge < -0.3 is 27.9 Å². The average molecular weight is 552 g/mol. The molecule has 0 radical (unpaired) electrons. The van der Waals surface area contributed by atoms with E-state index in [4.69, 9.17) is 18.5 Å². The van der Waals surface area contributed by atoms with Gasteiger partial charge in [0, 0.05) is 12.8 Å². The molecule has 0 aliphatic carbocycles. The standard InChI is InChI=1S/C27H54NO8P/c1-6-8-10-12-14-16-18-20-27(30)36-25(23-33-26(29)19-17-15-13-11-9-7-2)24-35-37(31,32)34-22-21-28(3,4)5/h25H,6-24H2,1-5H3. The molecule has 10 heteroatoms. The fraction of sp³-hybridized carbons (Fsp3) is 0.926. The summed E-state index contributed by atoms with van der Waals surface area (Å²) in [7, 11) is 1.16. The summed E-state index contributed by atoms with van der Waals surface area (Å²) in [6.07, 6.45) is 13.3. The molecule has 0 aliphatic rings. The summed E-state index contributed by atoms with van der Waals surface area (Å²) in [5.41, 5.74) is 0. The van der Waals surface area contributed by atoms with Crippen LogP contribution in [-0.4, -0.2) is 70.0 Å². The number of likely N-dealkylation sites (N-methyl/N-ethyl adjacent to an activating group) is 1. The summed E-state index contributed by atoms with van der Waals surface area (Å²) >= 11 is 0. The first kappa shape index (κ1) is 36.0. The molecule has 0 rings (SSSR count). The fourth-order valence-corrected chi connectivity index (χ4v) is 4.26. The van der Waals surface area contributed by atoms with E-state index in [0.29, 0.717) is 17.4 Å². The predicted octanol–water partition coefficient (Wildman–Crippen LogP) is 5.54. The number of hydrogen-bond acceptors (Lipinski definition) is 8. The Morgan fingerprint density at radius 1 is 0.730 bits per heavy atom. The van der Waals surface area contributed by atoms with Crippen molar-refractivity contribution in [1.29, 1.82) is 0 Å². The van der Waals surface area contributed by atoms with Gasteiger partial charge in [-0.15, -0.1) is 0 Å². The molecule has 0 spiro atoms. The lowest BCUT2D eigenvalue weighted by molar-refractivity contribution is -0.870. The van der Waals surface area contributed by atoms with Crippen molar-refractivity contribution in [2.75, 3.05) is 47.5 Å². The van der Waals surface area contributed by atoms with E-state index in [1.165, 1.54) is 32.1 Å². The monoisotopic (exact) mass is 551 g/mol. The van der Waals surface area contributed by atoms with Gasteiger partial charge in [0.2, 0.25) is 0 Å². The fourth-order valence-electron chi connectivity index (χ4n) is 3.53. The number of hydrogen-bond donors (Lipinski definition) is 0. The van der Waals surface area contributed by atoms with E-state index in [0.717, 1.165) is 44.9 Å². The lowest BCUT2D eigenvalue weighted by atomic mass is 10.1. The average Bonchev–Trinajstić information content (AvgIpc) is 2.81. The van der Waals surface area contributed by atoms with Gasteiger partial charge in [0.1, 0.15) is 19.8 Å². The number of quaternary nitrogens is 1. The molecule has 0 heterocycles. The number of unbranched alkanes of at least 4 members (excludes halogenated alkanes) is 11. The summed E-state index contributed by atoms with van der Waals surface area (Å²) in [4.78, 5) is 36.6. The van der Waals surface area contributed by atoms with E-state index in [9.17, 15) is 19.0 Å². The number of esters is 2. The number of phosphoric acid groups is 1. The first-order chi connectivity index (χ1) is 17.5. The second-order valence-electron chi connectivity index (χ2n) is 10.8. The van der Waals surface area contributed by atoms with E-state index in [-0.39, 0.29) is 26.1 Å². The molecule has 0 bridgehead atoms. The summed E-state index contributed by atoms with van der Waals surface area (Å²) in [6.45, 7) is 4.06. The second kappa shape index (κ2) is 21.9. The molecule has 220 valence electrons. The second-order valence-corrected chi connectivity index (χ2v) is 12.2. The Morgan fingerprint density at radius 3 is 1.73 bits per heavy atom. The van der Waals surface area contributed by atoms with Crippen molar-refractivity contribution in [2.24, 2.45) is 0 Å². The first-order valence-corrected chi connectivity index (χ1v) is 15.7. The highest BCUT2D eigenvalue weighted by atomic mass is 31.2. The van der Waals surface area contributed by atoms with Gasteiger partial charge in [0.25, 0.3) is 7.82 Å². The molecule has 0 saturated carbocycles. The van der Waals surface area contributed by atoms with Crippen LogP contribution in [-0.2, 0) is 32.7 Å². The molecule has 2 atom stereocenters. The molecule has 0 aliphatic heterocycles. The Hall–Kier alpha value is -0.990. The van der Waals surface area contributed by atoms with Crippen LogP contribution >= 0.6 is 7.82 Å². The number of carbonyl (C=O) groups is 2. The molecule has 0 amide bonds. The largest absolute Gasteiger partial charge is 0.756 e. The van der Waals surface area contributed by atoms with E-state index in [1.54, 1.807) is 0 Å². The molecule has 0 saturated heterocycles. The Kier molecular flexibility index (Phi) is 21.3. The van der Waals surface area contributed by atoms with Crippen LogP contribution in [0.4, 0.5) is 0 Å². The molecule has 2 unspecified atom stereocenters. The van der Waals surface area contributed by atoms with E-state index in [1.807, 2.05) is 21.1 Å². The number of nitrogens with zero attached hydrogens (tertiary/aromatic N) is 1. The number of carbonyl (C=O) groups excluding carboxylic acids is 2. The van der Waals surface area contributed by atoms with Crippen molar-refractivity contribution in [3.8, 4) is 0 Å². The smallest absolute Gasteiger partial charge is 0.306 e. The van der Waals surface area contributed by atoms with Crippen molar-refractivity contribution in [1.82, 2.24) is 0 Å². The van der Waals surface area contributed by atoms with Crippen molar-refractivity contribution in [3.63, 3.8) is 0 Å². The summed E-state index contributed by atoms with van der Waals surface area (Å²) < 4.78 is 33.2. The molecule has 0 N–H and O–H groups in total. The lowest BCUT2D eigenvalue weighted by Gasteiger charge is -2.28. The molecule has 9 nitrogen and oxygen atoms in total. The quantitative estimate of drug-likeness (QED) is 0.0629. The zero-order valence-corrected chi connectivity index (χ0v) is 25.1. The molecule has 0 aromatic rings. The van der Waals surface area contributed by atoms with Crippen LogP contribution in [0.25, 0.3) is 0 Å². The van der Waals surface area contributed by atoms with Crippen molar-refractivity contribution in [2.45, 2.75) is 116 Å². The Balaban J connectivity index is 4.59. The minimum absolute atomic E-state index is 0.0275. The van der Waals surface area contributed by atoms with Crippen molar-refractivity contribution >= 4 is 19.8 Å². The molecular formula is C27H54NO8P. The van der Waals surface area contributed by atoms with Crippen LogP contribution in [0.2, 0.25) is 0 Å². The van der Waals surface area contributed by atoms with Crippen molar-refractivity contribution in [3.05, 3.63) is 0 Å². The molecule has 0 fully saturated rings. The Labute approximate surface area is 225 Å². The molecule has 0 aromatic carbocycles. The van der Waals surface area contributed by atoms with Gasteiger partial charge in [-0.25, -0.2) is 0 Å². The highest BCUT2D eigenvalue weighted by Gasteiger charge is 2.21. The van der Waals surface area contributed by atoms with Gasteiger partial charge in [0.05, 0.1) is 27.7 Å². The highest BCUT2D eigenvalue weighted by Crippen LogP contribution is 2.38. The Morgan fingerprint density at radius 2 is 1.22 bits per heavy atom. The maximum atomic E-state index is 12.3. The minimum Gasteiger partial charge on any atom is -0.756 e. The first-order valence-electron chi connectivity index (χ1n) is 14.2. The third-order valence-corrected chi connectivity index (χ3v) is 6.84. The molecule has 37 heavy (non-hydrogen) atoms. The van der Waals surface area contributed by atoms with Crippen LogP contribution in [0.5, 0.6) is 0 Å².